The minimum atomic E-state index is -1.58. The third kappa shape index (κ3) is 4.25. The molecule has 11 nitrogen and oxygen atoms in total. The standard InChI is InChI=1S/C31H28N4O7/c1-16(36)25(30(39)40)33-28(37)20-8-4-6-10-23(20)35-29(38)24-15-21-19-7-3-5-9-22(19)32-26(21)27(34(24)31(35)41)17-11-13-18(42-2)14-12-17/h3-14,16,24-25,27,32,36H,15H2,1-2H3,(H,33,37)(H,39,40)/t16-,24-,25-,27+/m0/s1. The molecule has 1 saturated heterocycles. The van der Waals surface area contributed by atoms with Crippen LogP contribution in [0.4, 0.5) is 10.5 Å². The lowest BCUT2D eigenvalue weighted by Gasteiger charge is -2.36. The van der Waals surface area contributed by atoms with Crippen molar-refractivity contribution in [2.24, 2.45) is 0 Å². The number of carbonyl (C=O) groups is 4. The lowest BCUT2D eigenvalue weighted by molar-refractivity contribution is -0.141. The number of methoxy groups -OCH3 is 1. The second-order valence-electron chi connectivity index (χ2n) is 10.4. The molecule has 0 saturated carbocycles. The van der Waals surface area contributed by atoms with E-state index in [1.54, 1.807) is 31.4 Å². The molecule has 0 radical (unpaired) electrons. The number of carboxylic acid groups (broad SMARTS) is 1. The topological polar surface area (TPSA) is 152 Å². The number of H-pyrrole nitrogens is 1. The van der Waals surface area contributed by atoms with Crippen molar-refractivity contribution in [3.63, 3.8) is 0 Å². The number of para-hydroxylation sites is 2. The van der Waals surface area contributed by atoms with Crippen LogP contribution in [0, 0.1) is 0 Å². The van der Waals surface area contributed by atoms with Crippen molar-refractivity contribution in [1.82, 2.24) is 15.2 Å². The summed E-state index contributed by atoms with van der Waals surface area (Å²) >= 11 is 0. The molecular weight excluding hydrogens is 540 g/mol. The molecule has 3 aromatic carbocycles. The van der Waals surface area contributed by atoms with E-state index in [0.717, 1.165) is 32.6 Å². The van der Waals surface area contributed by atoms with Crippen molar-refractivity contribution in [1.29, 1.82) is 0 Å². The van der Waals surface area contributed by atoms with Crippen LogP contribution >= 0.6 is 0 Å². The van der Waals surface area contributed by atoms with Gasteiger partial charge in [0.1, 0.15) is 17.8 Å². The highest BCUT2D eigenvalue weighted by molar-refractivity contribution is 6.24. The molecule has 4 N–H and O–H groups in total. The Hall–Kier alpha value is -5.16. The molecule has 0 bridgehead atoms. The lowest BCUT2D eigenvalue weighted by atomic mass is 9.89. The first-order chi connectivity index (χ1) is 20.2. The summed E-state index contributed by atoms with van der Waals surface area (Å²) in [6.45, 7) is 1.24. The van der Waals surface area contributed by atoms with Gasteiger partial charge in [-0.2, -0.15) is 0 Å². The third-order valence-electron chi connectivity index (χ3n) is 7.91. The van der Waals surface area contributed by atoms with Gasteiger partial charge in [0, 0.05) is 23.0 Å². The number of nitrogens with one attached hydrogen (secondary N) is 2. The maximum Gasteiger partial charge on any atom is 0.332 e. The number of aliphatic hydroxyl groups excluding tert-OH is 1. The molecule has 1 fully saturated rings. The van der Waals surface area contributed by atoms with Crippen LogP contribution in [-0.4, -0.2) is 69.2 Å². The van der Waals surface area contributed by atoms with Gasteiger partial charge in [-0.25, -0.2) is 14.5 Å². The maximum absolute atomic E-state index is 14.2. The first-order valence-corrected chi connectivity index (χ1v) is 13.4. The first-order valence-electron chi connectivity index (χ1n) is 13.4. The van der Waals surface area contributed by atoms with Gasteiger partial charge in [-0.3, -0.25) is 14.5 Å². The van der Waals surface area contributed by atoms with Gasteiger partial charge in [0.15, 0.2) is 6.04 Å². The number of anilines is 1. The number of aromatic amines is 1. The van der Waals surface area contributed by atoms with Crippen LogP contribution in [0.3, 0.4) is 0 Å². The fourth-order valence-corrected chi connectivity index (χ4v) is 5.90. The number of rotatable bonds is 7. The summed E-state index contributed by atoms with van der Waals surface area (Å²) in [5.41, 5.74) is 3.35. The zero-order valence-electron chi connectivity index (χ0n) is 22.8. The number of aliphatic carboxylic acids is 1. The molecule has 1 aromatic heterocycles. The zero-order chi connectivity index (χ0) is 29.7. The second kappa shape index (κ2) is 10.3. The summed E-state index contributed by atoms with van der Waals surface area (Å²) in [4.78, 5) is 59.1. The average Bonchev–Trinajstić information content (AvgIpc) is 3.48. The number of benzene rings is 3. The molecule has 0 spiro atoms. The van der Waals surface area contributed by atoms with Gasteiger partial charge in [0.2, 0.25) is 0 Å². The van der Waals surface area contributed by atoms with Crippen LogP contribution in [0.2, 0.25) is 0 Å². The Kier molecular flexibility index (Phi) is 6.66. The number of carboxylic acids is 1. The van der Waals surface area contributed by atoms with E-state index in [9.17, 15) is 29.4 Å². The third-order valence-corrected chi connectivity index (χ3v) is 7.91. The van der Waals surface area contributed by atoms with Gasteiger partial charge in [-0.05, 0) is 48.4 Å². The van der Waals surface area contributed by atoms with Crippen LogP contribution in [0.5, 0.6) is 5.75 Å². The minimum Gasteiger partial charge on any atom is -0.497 e. The molecule has 6 rings (SSSR count). The molecule has 0 aliphatic carbocycles. The van der Waals surface area contributed by atoms with Crippen molar-refractivity contribution >= 4 is 40.4 Å². The van der Waals surface area contributed by atoms with Crippen molar-refractivity contribution in [3.05, 3.63) is 95.2 Å². The van der Waals surface area contributed by atoms with Gasteiger partial charge in [-0.1, -0.05) is 42.5 Å². The summed E-state index contributed by atoms with van der Waals surface area (Å²) in [5, 5.41) is 22.6. The number of imide groups is 1. The molecule has 4 aromatic rings. The van der Waals surface area contributed by atoms with Crippen molar-refractivity contribution in [2.75, 3.05) is 12.0 Å². The number of aromatic nitrogens is 1. The number of hydrogen-bond donors (Lipinski definition) is 4. The fourth-order valence-electron chi connectivity index (χ4n) is 5.90. The SMILES string of the molecule is COc1ccc([C@@H]2c3[nH]c4ccccc4c3C[C@H]3C(=O)N(c4ccccc4C(=O)N[C@H](C(=O)O)[C@H](C)O)C(=O)N23)cc1. The number of carbonyl (C=O) groups excluding carboxylic acids is 3. The van der Waals surface area contributed by atoms with Crippen LogP contribution in [0.1, 0.15) is 40.1 Å². The summed E-state index contributed by atoms with van der Waals surface area (Å²) in [7, 11) is 1.56. The van der Waals surface area contributed by atoms with Gasteiger partial charge in [-0.15, -0.1) is 0 Å². The monoisotopic (exact) mass is 568 g/mol. The lowest BCUT2D eigenvalue weighted by Crippen LogP contribution is -2.48. The second-order valence-corrected chi connectivity index (χ2v) is 10.4. The molecule has 4 atom stereocenters. The summed E-state index contributed by atoms with van der Waals surface area (Å²) < 4.78 is 5.33. The van der Waals surface area contributed by atoms with Gasteiger partial charge in [0.05, 0.1) is 24.5 Å². The first kappa shape index (κ1) is 27.0. The van der Waals surface area contributed by atoms with Crippen LogP contribution < -0.4 is 15.0 Å². The molecular formula is C31H28N4O7. The normalized spacial score (nSPS) is 19.3. The Morgan fingerprint density at radius 3 is 2.40 bits per heavy atom. The number of aliphatic hydroxyl groups is 1. The van der Waals surface area contributed by atoms with Crippen molar-refractivity contribution in [2.45, 2.75) is 37.6 Å². The highest BCUT2D eigenvalue weighted by Gasteiger charge is 2.53. The Morgan fingerprint density at radius 2 is 1.71 bits per heavy atom. The predicted octanol–water partition coefficient (Wildman–Crippen LogP) is 3.22. The van der Waals surface area contributed by atoms with E-state index in [0.29, 0.717) is 5.75 Å². The number of ether oxygens (including phenoxy) is 1. The summed E-state index contributed by atoms with van der Waals surface area (Å²) in [6, 6.07) is 17.4. The highest BCUT2D eigenvalue weighted by atomic mass is 16.5. The number of fused-ring (bicyclic) bond motifs is 4. The summed E-state index contributed by atoms with van der Waals surface area (Å²) in [6.07, 6.45) is -1.11. The largest absolute Gasteiger partial charge is 0.497 e. The van der Waals surface area contributed by atoms with Gasteiger partial charge < -0.3 is 25.3 Å². The van der Waals surface area contributed by atoms with Crippen molar-refractivity contribution in [3.8, 4) is 5.75 Å². The number of amides is 4. The van der Waals surface area contributed by atoms with E-state index in [2.05, 4.69) is 10.3 Å². The van der Waals surface area contributed by atoms with Gasteiger partial charge in [0.25, 0.3) is 11.8 Å². The smallest absolute Gasteiger partial charge is 0.332 e. The molecule has 4 amide bonds. The maximum atomic E-state index is 14.2. The van der Waals surface area contributed by atoms with E-state index in [4.69, 9.17) is 4.74 Å². The molecule has 0 unspecified atom stereocenters. The number of hydrogen-bond acceptors (Lipinski definition) is 6. The van der Waals surface area contributed by atoms with E-state index in [1.807, 2.05) is 36.4 Å². The molecule has 42 heavy (non-hydrogen) atoms. The van der Waals surface area contributed by atoms with E-state index in [1.165, 1.54) is 24.0 Å². The van der Waals surface area contributed by atoms with E-state index >= 15 is 0 Å². The Morgan fingerprint density at radius 1 is 1.02 bits per heavy atom. The molecule has 2 aliphatic rings. The molecule has 3 heterocycles. The molecule has 214 valence electrons. The van der Waals surface area contributed by atoms with Crippen LogP contribution in [0.25, 0.3) is 10.9 Å². The minimum absolute atomic E-state index is 0.0242. The molecule has 11 heteroatoms. The number of nitrogens with zero attached hydrogens (tertiary/aromatic N) is 2. The molecule has 2 aliphatic heterocycles. The predicted molar refractivity (Wildman–Crippen MR) is 152 cm³/mol. The van der Waals surface area contributed by atoms with Crippen LogP contribution in [0.15, 0.2) is 72.8 Å². The van der Waals surface area contributed by atoms with Gasteiger partial charge >= 0.3 is 12.0 Å². The fraction of sp³-hybridized carbons (Fsp3) is 0.226. The number of urea groups is 1. The average molecular weight is 569 g/mol. The van der Waals surface area contributed by atoms with Crippen molar-refractivity contribution < 1.29 is 34.1 Å². The Bertz CT molecular complexity index is 1730. The van der Waals surface area contributed by atoms with Crippen LogP contribution in [-0.2, 0) is 16.0 Å². The van der Waals surface area contributed by atoms with E-state index in [-0.39, 0.29) is 17.7 Å². The summed E-state index contributed by atoms with van der Waals surface area (Å²) in [5.74, 6) is -2.12. The highest BCUT2D eigenvalue weighted by Crippen LogP contribution is 2.45. The zero-order valence-corrected chi connectivity index (χ0v) is 22.8. The quantitative estimate of drug-likeness (QED) is 0.250. The Balaban J connectivity index is 1.44. The van der Waals surface area contributed by atoms with E-state index < -0.39 is 48.0 Å². The Labute approximate surface area is 240 Å².